The Morgan fingerprint density at radius 2 is 1.88 bits per heavy atom. The third-order valence-corrected chi connectivity index (χ3v) is 2.36. The molecule has 0 saturated carbocycles. The van der Waals surface area contributed by atoms with E-state index in [2.05, 4.69) is 13.2 Å². The van der Waals surface area contributed by atoms with Gasteiger partial charge >= 0.3 is 0 Å². The van der Waals surface area contributed by atoms with E-state index in [9.17, 15) is 4.79 Å². The zero-order valence-corrected chi connectivity index (χ0v) is 9.26. The van der Waals surface area contributed by atoms with Crippen molar-refractivity contribution in [2.75, 3.05) is 6.61 Å². The first-order valence-corrected chi connectivity index (χ1v) is 5.16. The second-order valence-electron chi connectivity index (χ2n) is 3.47. The predicted molar refractivity (Wildman–Crippen MR) is 65.1 cm³/mol. The second kappa shape index (κ2) is 6.03. The molecule has 0 saturated heterocycles. The largest absolute Gasteiger partial charge is 0.358 e. The van der Waals surface area contributed by atoms with Gasteiger partial charge in [0.2, 0.25) is 0 Å². The second-order valence-corrected chi connectivity index (χ2v) is 3.47. The van der Waals surface area contributed by atoms with Gasteiger partial charge in [0.15, 0.2) is 11.9 Å². The molecular formula is C14H16O2. The summed E-state index contributed by atoms with van der Waals surface area (Å²) in [4.78, 5) is 11.3. The van der Waals surface area contributed by atoms with E-state index >= 15 is 0 Å². The first-order chi connectivity index (χ1) is 7.79. The minimum absolute atomic E-state index is 0.335. The fourth-order valence-corrected chi connectivity index (χ4v) is 1.55. The maximum Gasteiger partial charge on any atom is 0.156 e. The van der Waals surface area contributed by atoms with E-state index in [-0.39, 0.29) is 0 Å². The number of carbonyl (C=O) groups is 1. The first-order valence-electron chi connectivity index (χ1n) is 5.16. The number of aldehydes is 1. The summed E-state index contributed by atoms with van der Waals surface area (Å²) in [6.07, 6.45) is 4.59. The Bertz CT molecular complexity index is 356. The zero-order valence-electron chi connectivity index (χ0n) is 9.26. The van der Waals surface area contributed by atoms with Crippen molar-refractivity contribution in [2.24, 2.45) is 0 Å². The smallest absolute Gasteiger partial charge is 0.156 e. The van der Waals surface area contributed by atoms with Gasteiger partial charge in [-0.1, -0.05) is 42.5 Å². The summed E-state index contributed by atoms with van der Waals surface area (Å²) in [5.74, 6) is 0. The van der Waals surface area contributed by atoms with Crippen LogP contribution in [-0.2, 0) is 15.1 Å². The highest BCUT2D eigenvalue weighted by Gasteiger charge is 2.31. The van der Waals surface area contributed by atoms with Crippen LogP contribution in [-0.4, -0.2) is 12.9 Å². The Kier molecular flexibility index (Phi) is 4.67. The van der Waals surface area contributed by atoms with Crippen LogP contribution in [0.3, 0.4) is 0 Å². The molecule has 0 aliphatic rings. The third-order valence-electron chi connectivity index (χ3n) is 2.36. The highest BCUT2D eigenvalue weighted by molar-refractivity contribution is 5.66. The molecule has 0 aliphatic heterocycles. The van der Waals surface area contributed by atoms with E-state index in [0.717, 1.165) is 11.8 Å². The van der Waals surface area contributed by atoms with Crippen molar-refractivity contribution in [2.45, 2.75) is 12.0 Å². The van der Waals surface area contributed by atoms with Gasteiger partial charge in [0.05, 0.1) is 6.61 Å². The van der Waals surface area contributed by atoms with E-state index in [1.54, 1.807) is 12.2 Å². The van der Waals surface area contributed by atoms with Crippen molar-refractivity contribution in [1.29, 1.82) is 0 Å². The van der Waals surface area contributed by atoms with Gasteiger partial charge in [0.25, 0.3) is 0 Å². The monoisotopic (exact) mass is 216 g/mol. The van der Waals surface area contributed by atoms with Crippen LogP contribution >= 0.6 is 0 Å². The van der Waals surface area contributed by atoms with E-state index in [1.807, 2.05) is 30.3 Å². The number of hydrogen-bond acceptors (Lipinski definition) is 2. The molecular weight excluding hydrogens is 200 g/mol. The van der Waals surface area contributed by atoms with Gasteiger partial charge < -0.3 is 4.74 Å². The summed E-state index contributed by atoms with van der Waals surface area (Å²) in [6, 6.07) is 9.42. The lowest BCUT2D eigenvalue weighted by Gasteiger charge is -2.27. The summed E-state index contributed by atoms with van der Waals surface area (Å²) < 4.78 is 5.60. The SMILES string of the molecule is C=CCOC(C=O)(CC=C)c1ccccc1. The van der Waals surface area contributed by atoms with Crippen LogP contribution in [0.5, 0.6) is 0 Å². The van der Waals surface area contributed by atoms with Gasteiger partial charge in [-0.05, 0) is 5.56 Å². The molecule has 2 nitrogen and oxygen atoms in total. The lowest BCUT2D eigenvalue weighted by Crippen LogP contribution is -2.31. The summed E-state index contributed by atoms with van der Waals surface area (Å²) in [6.45, 7) is 7.58. The summed E-state index contributed by atoms with van der Waals surface area (Å²) in [5.41, 5.74) is -0.0937. The lowest BCUT2D eigenvalue weighted by molar-refractivity contribution is -0.130. The quantitative estimate of drug-likeness (QED) is 0.517. The third kappa shape index (κ3) is 2.67. The normalized spacial score (nSPS) is 13.8. The molecule has 0 bridgehead atoms. The molecule has 1 unspecified atom stereocenters. The highest BCUT2D eigenvalue weighted by atomic mass is 16.5. The molecule has 1 aromatic carbocycles. The topological polar surface area (TPSA) is 26.3 Å². The zero-order chi connectivity index (χ0) is 11.9. The van der Waals surface area contributed by atoms with Crippen LogP contribution in [0.2, 0.25) is 0 Å². The molecule has 0 aromatic heterocycles. The Morgan fingerprint density at radius 3 is 2.38 bits per heavy atom. The molecule has 1 atom stereocenters. The van der Waals surface area contributed by atoms with E-state index in [1.165, 1.54) is 0 Å². The number of carbonyl (C=O) groups excluding carboxylic acids is 1. The Labute approximate surface area is 96.2 Å². The fraction of sp³-hybridized carbons (Fsp3) is 0.214. The van der Waals surface area contributed by atoms with Crippen LogP contribution in [0.1, 0.15) is 12.0 Å². The molecule has 0 heterocycles. The summed E-state index contributed by atoms with van der Waals surface area (Å²) in [5, 5.41) is 0. The van der Waals surface area contributed by atoms with Crippen LogP contribution in [0, 0.1) is 0 Å². The first kappa shape index (κ1) is 12.4. The number of benzene rings is 1. The van der Waals surface area contributed by atoms with Gasteiger partial charge in [0, 0.05) is 6.42 Å². The molecule has 1 aromatic rings. The fourth-order valence-electron chi connectivity index (χ4n) is 1.55. The van der Waals surface area contributed by atoms with Crippen LogP contribution in [0.25, 0.3) is 0 Å². The Balaban J connectivity index is 3.05. The molecule has 0 spiro atoms. The van der Waals surface area contributed by atoms with Gasteiger partial charge in [-0.15, -0.1) is 13.2 Å². The number of ether oxygens (including phenoxy) is 1. The molecule has 0 N–H and O–H groups in total. The number of hydrogen-bond donors (Lipinski definition) is 0. The molecule has 1 rings (SSSR count). The lowest BCUT2D eigenvalue weighted by atomic mass is 9.91. The average molecular weight is 216 g/mol. The average Bonchev–Trinajstić information content (AvgIpc) is 2.36. The molecule has 0 fully saturated rings. The molecule has 0 aliphatic carbocycles. The van der Waals surface area contributed by atoms with Crippen LogP contribution < -0.4 is 0 Å². The minimum Gasteiger partial charge on any atom is -0.358 e. The standard InChI is InChI=1S/C14H16O2/c1-3-10-14(12-15,16-11-4-2)13-8-6-5-7-9-13/h3-9,12H,1-2,10-11H2. The maximum absolute atomic E-state index is 11.3. The van der Waals surface area contributed by atoms with E-state index in [0.29, 0.717) is 13.0 Å². The van der Waals surface area contributed by atoms with Gasteiger partial charge in [0.1, 0.15) is 0 Å². The van der Waals surface area contributed by atoms with E-state index in [4.69, 9.17) is 4.74 Å². The highest BCUT2D eigenvalue weighted by Crippen LogP contribution is 2.27. The molecule has 0 radical (unpaired) electrons. The summed E-state index contributed by atoms with van der Waals surface area (Å²) in [7, 11) is 0. The maximum atomic E-state index is 11.3. The van der Waals surface area contributed by atoms with Crippen molar-refractivity contribution >= 4 is 6.29 Å². The minimum atomic E-state index is -0.933. The molecule has 16 heavy (non-hydrogen) atoms. The van der Waals surface area contributed by atoms with Crippen molar-refractivity contribution in [3.05, 3.63) is 61.2 Å². The molecule has 0 amide bonds. The van der Waals surface area contributed by atoms with Crippen molar-refractivity contribution in [3.63, 3.8) is 0 Å². The Hall–Kier alpha value is -1.67. The van der Waals surface area contributed by atoms with Crippen molar-refractivity contribution < 1.29 is 9.53 Å². The van der Waals surface area contributed by atoms with Crippen LogP contribution in [0.4, 0.5) is 0 Å². The van der Waals surface area contributed by atoms with Gasteiger partial charge in [-0.2, -0.15) is 0 Å². The predicted octanol–water partition coefficient (Wildman–Crippen LogP) is 2.86. The van der Waals surface area contributed by atoms with Crippen molar-refractivity contribution in [1.82, 2.24) is 0 Å². The van der Waals surface area contributed by atoms with Crippen LogP contribution in [0.15, 0.2) is 55.6 Å². The Morgan fingerprint density at radius 1 is 1.19 bits per heavy atom. The number of rotatable bonds is 7. The van der Waals surface area contributed by atoms with E-state index < -0.39 is 5.60 Å². The van der Waals surface area contributed by atoms with Crippen molar-refractivity contribution in [3.8, 4) is 0 Å². The molecule has 2 heteroatoms. The molecule has 84 valence electrons. The van der Waals surface area contributed by atoms with Gasteiger partial charge in [-0.3, -0.25) is 4.79 Å². The summed E-state index contributed by atoms with van der Waals surface area (Å²) >= 11 is 0. The van der Waals surface area contributed by atoms with Gasteiger partial charge in [-0.25, -0.2) is 0 Å².